The lowest BCUT2D eigenvalue weighted by Crippen LogP contribution is -2.14. The molecule has 0 saturated carbocycles. The smallest absolute Gasteiger partial charge is 0.149 e. The number of nitrogens with zero attached hydrogens (tertiary/aromatic N) is 1. The Balaban J connectivity index is 3.06. The Morgan fingerprint density at radius 1 is 1.47 bits per heavy atom. The summed E-state index contributed by atoms with van der Waals surface area (Å²) >= 11 is 4.89. The second-order valence-electron chi connectivity index (χ2n) is 3.69. The van der Waals surface area contributed by atoms with Gasteiger partial charge in [-0.15, -0.1) is 0 Å². The molecule has 0 fully saturated rings. The molecule has 0 saturated heterocycles. The van der Waals surface area contributed by atoms with Gasteiger partial charge in [0.25, 0.3) is 0 Å². The van der Waals surface area contributed by atoms with Crippen molar-refractivity contribution >= 4 is 22.9 Å². The van der Waals surface area contributed by atoms with Crippen LogP contribution >= 0.6 is 12.2 Å². The SMILES string of the molecule is C=C(C)C(O)=C(C#N)C(=S)Nc1ccc(F)cc1F. The first-order chi connectivity index (χ1) is 8.86. The van der Waals surface area contributed by atoms with Gasteiger partial charge >= 0.3 is 0 Å². The molecule has 0 aliphatic heterocycles. The van der Waals surface area contributed by atoms with Gasteiger partial charge in [-0.25, -0.2) is 8.78 Å². The summed E-state index contributed by atoms with van der Waals surface area (Å²) in [5, 5.41) is 21.0. The Kier molecular flexibility index (Phi) is 4.73. The van der Waals surface area contributed by atoms with E-state index >= 15 is 0 Å². The van der Waals surface area contributed by atoms with E-state index in [1.807, 2.05) is 0 Å². The van der Waals surface area contributed by atoms with Crippen LogP contribution < -0.4 is 5.32 Å². The molecule has 0 bridgehead atoms. The van der Waals surface area contributed by atoms with E-state index in [1.54, 1.807) is 6.07 Å². The van der Waals surface area contributed by atoms with Crippen LogP contribution in [0, 0.1) is 23.0 Å². The third kappa shape index (κ3) is 3.60. The maximum absolute atomic E-state index is 13.4. The lowest BCUT2D eigenvalue weighted by molar-refractivity contribution is 0.422. The highest BCUT2D eigenvalue weighted by atomic mass is 32.1. The number of aliphatic hydroxyl groups excluding tert-OH is 1. The molecule has 1 rings (SSSR count). The minimum atomic E-state index is -0.852. The average molecular weight is 280 g/mol. The Morgan fingerprint density at radius 2 is 2.11 bits per heavy atom. The summed E-state index contributed by atoms with van der Waals surface area (Å²) in [6.07, 6.45) is 0. The maximum atomic E-state index is 13.4. The van der Waals surface area contributed by atoms with Crippen molar-refractivity contribution in [3.8, 4) is 6.07 Å². The highest BCUT2D eigenvalue weighted by Gasteiger charge is 2.14. The second kappa shape index (κ2) is 6.07. The first-order valence-electron chi connectivity index (χ1n) is 5.12. The fourth-order valence-corrected chi connectivity index (χ4v) is 1.45. The number of anilines is 1. The Hall–Kier alpha value is -2.26. The number of hydrogen-bond donors (Lipinski definition) is 2. The zero-order valence-corrected chi connectivity index (χ0v) is 10.8. The molecule has 0 spiro atoms. The molecule has 0 unspecified atom stereocenters. The molecule has 6 heteroatoms. The molecule has 1 aromatic carbocycles. The summed E-state index contributed by atoms with van der Waals surface area (Å²) in [5.41, 5.74) is -0.0693. The van der Waals surface area contributed by atoms with E-state index in [1.165, 1.54) is 6.92 Å². The highest BCUT2D eigenvalue weighted by Crippen LogP contribution is 2.18. The fourth-order valence-electron chi connectivity index (χ4n) is 1.20. The number of halogens is 2. The number of thiocarbonyl (C=S) groups is 1. The molecule has 1 aromatic rings. The summed E-state index contributed by atoms with van der Waals surface area (Å²) in [7, 11) is 0. The predicted molar refractivity (Wildman–Crippen MR) is 72.7 cm³/mol. The standard InChI is InChI=1S/C13H10F2N2OS/c1-7(2)12(18)9(6-16)13(19)17-11-4-3-8(14)5-10(11)15/h3-5,18H,1H2,2H3,(H,17,19). The van der Waals surface area contributed by atoms with Crippen molar-refractivity contribution in [2.45, 2.75) is 6.92 Å². The third-order valence-corrected chi connectivity index (χ3v) is 2.47. The number of hydrogen-bond acceptors (Lipinski definition) is 3. The van der Waals surface area contributed by atoms with Crippen LogP contribution in [0.25, 0.3) is 0 Å². The summed E-state index contributed by atoms with van der Waals surface area (Å²) < 4.78 is 26.1. The number of nitriles is 1. The van der Waals surface area contributed by atoms with Crippen molar-refractivity contribution in [1.29, 1.82) is 5.26 Å². The van der Waals surface area contributed by atoms with Crippen molar-refractivity contribution < 1.29 is 13.9 Å². The molecule has 2 N–H and O–H groups in total. The van der Waals surface area contributed by atoms with E-state index in [4.69, 9.17) is 17.5 Å². The van der Waals surface area contributed by atoms with Crippen LogP contribution in [0.4, 0.5) is 14.5 Å². The largest absolute Gasteiger partial charge is 0.506 e. The molecule has 0 atom stereocenters. The van der Waals surface area contributed by atoms with E-state index < -0.39 is 11.6 Å². The summed E-state index contributed by atoms with van der Waals surface area (Å²) in [6.45, 7) is 4.97. The number of rotatable bonds is 3. The van der Waals surface area contributed by atoms with Crippen LogP contribution in [0.2, 0.25) is 0 Å². The van der Waals surface area contributed by atoms with Crippen LogP contribution in [0.1, 0.15) is 6.92 Å². The molecule has 3 nitrogen and oxygen atoms in total. The molecular weight excluding hydrogens is 270 g/mol. The van der Waals surface area contributed by atoms with Gasteiger partial charge in [0.15, 0.2) is 0 Å². The summed E-state index contributed by atoms with van der Waals surface area (Å²) in [4.78, 5) is -0.173. The molecule has 0 aliphatic carbocycles. The average Bonchev–Trinajstić information content (AvgIpc) is 2.33. The molecule has 98 valence electrons. The van der Waals surface area contributed by atoms with Gasteiger partial charge in [-0.05, 0) is 24.6 Å². The summed E-state index contributed by atoms with van der Waals surface area (Å²) in [5.74, 6) is -1.95. The molecule has 0 amide bonds. The topological polar surface area (TPSA) is 56.0 Å². The van der Waals surface area contributed by atoms with E-state index in [2.05, 4.69) is 11.9 Å². The van der Waals surface area contributed by atoms with Crippen molar-refractivity contribution in [1.82, 2.24) is 0 Å². The van der Waals surface area contributed by atoms with Crippen molar-refractivity contribution in [2.75, 3.05) is 5.32 Å². The lowest BCUT2D eigenvalue weighted by atomic mass is 10.1. The van der Waals surface area contributed by atoms with Gasteiger partial charge in [-0.2, -0.15) is 5.26 Å². The Bertz CT molecular complexity index is 618. The zero-order valence-electron chi connectivity index (χ0n) is 10.00. The van der Waals surface area contributed by atoms with Crippen molar-refractivity contribution in [3.63, 3.8) is 0 Å². The van der Waals surface area contributed by atoms with Gasteiger partial charge in [0.1, 0.15) is 34.0 Å². The fraction of sp³-hybridized carbons (Fsp3) is 0.0769. The van der Waals surface area contributed by atoms with Crippen LogP contribution in [0.5, 0.6) is 0 Å². The highest BCUT2D eigenvalue weighted by molar-refractivity contribution is 7.81. The molecule has 19 heavy (non-hydrogen) atoms. The van der Waals surface area contributed by atoms with Gasteiger partial charge in [0.05, 0.1) is 5.69 Å². The number of nitrogens with one attached hydrogen (secondary N) is 1. The van der Waals surface area contributed by atoms with Crippen molar-refractivity contribution in [3.05, 3.63) is 53.3 Å². The second-order valence-corrected chi connectivity index (χ2v) is 4.10. The van der Waals surface area contributed by atoms with Crippen LogP contribution in [-0.4, -0.2) is 10.1 Å². The normalized spacial score (nSPS) is 11.3. The number of benzene rings is 1. The van der Waals surface area contributed by atoms with Crippen molar-refractivity contribution in [2.24, 2.45) is 0 Å². The van der Waals surface area contributed by atoms with Gasteiger partial charge in [-0.3, -0.25) is 0 Å². The molecule has 0 heterocycles. The van der Waals surface area contributed by atoms with E-state index in [-0.39, 0.29) is 27.6 Å². The Labute approximate surface area is 114 Å². The minimum Gasteiger partial charge on any atom is -0.506 e. The maximum Gasteiger partial charge on any atom is 0.149 e. The van der Waals surface area contributed by atoms with Crippen LogP contribution in [-0.2, 0) is 0 Å². The van der Waals surface area contributed by atoms with Gasteiger partial charge < -0.3 is 10.4 Å². The molecule has 0 radical (unpaired) electrons. The third-order valence-electron chi connectivity index (χ3n) is 2.16. The molecular formula is C13H10F2N2OS. The number of aliphatic hydroxyl groups is 1. The first-order valence-corrected chi connectivity index (χ1v) is 5.53. The van der Waals surface area contributed by atoms with Gasteiger partial charge in [0.2, 0.25) is 0 Å². The number of allylic oxidation sites excluding steroid dienone is 1. The summed E-state index contributed by atoms with van der Waals surface area (Å²) in [6, 6.07) is 4.57. The van der Waals surface area contributed by atoms with Gasteiger partial charge in [-0.1, -0.05) is 18.8 Å². The van der Waals surface area contributed by atoms with Crippen LogP contribution in [0.3, 0.4) is 0 Å². The van der Waals surface area contributed by atoms with E-state index in [0.29, 0.717) is 6.07 Å². The van der Waals surface area contributed by atoms with E-state index in [0.717, 1.165) is 12.1 Å². The lowest BCUT2D eigenvalue weighted by Gasteiger charge is -2.09. The first kappa shape index (κ1) is 14.8. The van der Waals surface area contributed by atoms with Gasteiger partial charge in [0, 0.05) is 6.07 Å². The monoisotopic (exact) mass is 280 g/mol. The van der Waals surface area contributed by atoms with Crippen LogP contribution in [0.15, 0.2) is 41.7 Å². The zero-order chi connectivity index (χ0) is 14.6. The quantitative estimate of drug-likeness (QED) is 0.292. The molecule has 0 aliphatic rings. The predicted octanol–water partition coefficient (Wildman–Crippen LogP) is 3.62. The Morgan fingerprint density at radius 3 is 2.58 bits per heavy atom. The minimum absolute atomic E-state index is 0.0892. The van der Waals surface area contributed by atoms with E-state index in [9.17, 15) is 13.9 Å². The molecule has 0 aromatic heterocycles.